The molecule has 2 nitrogen and oxygen atoms in total. The molecule has 0 aliphatic carbocycles. The Balaban J connectivity index is 4.58. The average Bonchev–Trinajstić information content (AvgIpc) is 2.17. The minimum atomic E-state index is -0.386. The summed E-state index contributed by atoms with van der Waals surface area (Å²) in [5.41, 5.74) is -0.733. The maximum Gasteiger partial charge on any atom is 0.312 e. The standard InChI is InChI=1S/C14H28O2/c1-8-10-11(3)14(6,7)12(15)16-13(4,5)9-2/h11H,8-10H2,1-7H3. The van der Waals surface area contributed by atoms with Crippen molar-refractivity contribution in [3.63, 3.8) is 0 Å². The molecule has 0 amide bonds. The van der Waals surface area contributed by atoms with Crippen LogP contribution in [0.15, 0.2) is 0 Å². The highest BCUT2D eigenvalue weighted by molar-refractivity contribution is 5.76. The molecule has 1 unspecified atom stereocenters. The van der Waals surface area contributed by atoms with Gasteiger partial charge in [0.05, 0.1) is 5.41 Å². The second-order valence-corrected chi connectivity index (χ2v) is 5.91. The lowest BCUT2D eigenvalue weighted by atomic mass is 9.77. The first-order valence-corrected chi connectivity index (χ1v) is 6.40. The first-order valence-electron chi connectivity index (χ1n) is 6.40. The molecule has 2 heteroatoms. The van der Waals surface area contributed by atoms with Crippen molar-refractivity contribution in [2.24, 2.45) is 11.3 Å². The number of hydrogen-bond donors (Lipinski definition) is 0. The molecule has 0 aliphatic heterocycles. The van der Waals surface area contributed by atoms with Crippen LogP contribution in [0.1, 0.15) is 67.7 Å². The molecule has 0 heterocycles. The van der Waals surface area contributed by atoms with E-state index in [4.69, 9.17) is 4.74 Å². The van der Waals surface area contributed by atoms with Crippen molar-refractivity contribution in [3.05, 3.63) is 0 Å². The Kier molecular flexibility index (Phi) is 5.51. The van der Waals surface area contributed by atoms with Gasteiger partial charge in [0.15, 0.2) is 0 Å². The van der Waals surface area contributed by atoms with E-state index in [0.29, 0.717) is 5.92 Å². The molecule has 0 rings (SSSR count). The van der Waals surface area contributed by atoms with Gasteiger partial charge < -0.3 is 4.74 Å². The summed E-state index contributed by atoms with van der Waals surface area (Å²) in [5.74, 6) is 0.290. The molecule has 0 aliphatic rings. The predicted octanol–water partition coefficient (Wildman–Crippen LogP) is 4.18. The van der Waals surface area contributed by atoms with Crippen LogP contribution in [-0.2, 0) is 9.53 Å². The number of carbonyl (C=O) groups excluding carboxylic acids is 1. The molecule has 0 saturated carbocycles. The molecule has 0 aromatic heterocycles. The van der Waals surface area contributed by atoms with Crippen molar-refractivity contribution in [3.8, 4) is 0 Å². The van der Waals surface area contributed by atoms with E-state index in [1.807, 2.05) is 34.6 Å². The zero-order valence-electron chi connectivity index (χ0n) is 12.0. The highest BCUT2D eigenvalue weighted by Crippen LogP contribution is 2.33. The van der Waals surface area contributed by atoms with Gasteiger partial charge in [0, 0.05) is 0 Å². The van der Waals surface area contributed by atoms with Crippen molar-refractivity contribution >= 4 is 5.97 Å². The van der Waals surface area contributed by atoms with Crippen molar-refractivity contribution in [1.82, 2.24) is 0 Å². The molecule has 0 bridgehead atoms. The predicted molar refractivity (Wildman–Crippen MR) is 68.3 cm³/mol. The SMILES string of the molecule is CCCC(C)C(C)(C)C(=O)OC(C)(C)CC. The van der Waals surface area contributed by atoms with Crippen LogP contribution in [0.4, 0.5) is 0 Å². The minimum absolute atomic E-state index is 0.0692. The summed E-state index contributed by atoms with van der Waals surface area (Å²) in [6.45, 7) is 14.2. The monoisotopic (exact) mass is 228 g/mol. The van der Waals surface area contributed by atoms with Crippen molar-refractivity contribution in [1.29, 1.82) is 0 Å². The number of rotatable bonds is 6. The van der Waals surface area contributed by atoms with Gasteiger partial charge in [-0.25, -0.2) is 0 Å². The van der Waals surface area contributed by atoms with Crippen LogP contribution in [0.3, 0.4) is 0 Å². The van der Waals surface area contributed by atoms with Crippen LogP contribution >= 0.6 is 0 Å². The van der Waals surface area contributed by atoms with Gasteiger partial charge >= 0.3 is 5.97 Å². The lowest BCUT2D eigenvalue weighted by Crippen LogP contribution is -2.38. The van der Waals surface area contributed by atoms with Crippen molar-refractivity contribution < 1.29 is 9.53 Å². The highest BCUT2D eigenvalue weighted by Gasteiger charge is 2.37. The molecule has 1 atom stereocenters. The fraction of sp³-hybridized carbons (Fsp3) is 0.929. The smallest absolute Gasteiger partial charge is 0.312 e. The van der Waals surface area contributed by atoms with Gasteiger partial charge in [-0.15, -0.1) is 0 Å². The second-order valence-electron chi connectivity index (χ2n) is 5.91. The van der Waals surface area contributed by atoms with Gasteiger partial charge in [-0.05, 0) is 46.5 Å². The second kappa shape index (κ2) is 5.70. The highest BCUT2D eigenvalue weighted by atomic mass is 16.6. The summed E-state index contributed by atoms with van der Waals surface area (Å²) in [5, 5.41) is 0. The lowest BCUT2D eigenvalue weighted by Gasteiger charge is -2.34. The third-order valence-corrected chi connectivity index (χ3v) is 3.70. The van der Waals surface area contributed by atoms with E-state index < -0.39 is 0 Å². The first kappa shape index (κ1) is 15.5. The Labute approximate surface area is 101 Å². The van der Waals surface area contributed by atoms with E-state index in [-0.39, 0.29) is 17.0 Å². The van der Waals surface area contributed by atoms with E-state index in [0.717, 1.165) is 19.3 Å². The van der Waals surface area contributed by atoms with Gasteiger partial charge in [0.2, 0.25) is 0 Å². The molecular formula is C14H28O2. The van der Waals surface area contributed by atoms with Gasteiger partial charge in [-0.1, -0.05) is 27.2 Å². The fourth-order valence-electron chi connectivity index (χ4n) is 1.45. The van der Waals surface area contributed by atoms with E-state index in [1.165, 1.54) is 0 Å². The van der Waals surface area contributed by atoms with Gasteiger partial charge in [0.25, 0.3) is 0 Å². The number of esters is 1. The van der Waals surface area contributed by atoms with Gasteiger partial charge in [-0.3, -0.25) is 4.79 Å². The zero-order valence-corrected chi connectivity index (χ0v) is 12.0. The van der Waals surface area contributed by atoms with Crippen LogP contribution in [-0.4, -0.2) is 11.6 Å². The number of carbonyl (C=O) groups is 1. The summed E-state index contributed by atoms with van der Waals surface area (Å²) < 4.78 is 5.58. The normalized spacial score (nSPS) is 14.7. The summed E-state index contributed by atoms with van der Waals surface area (Å²) in [7, 11) is 0. The van der Waals surface area contributed by atoms with E-state index in [2.05, 4.69) is 13.8 Å². The largest absolute Gasteiger partial charge is 0.459 e. The Bertz CT molecular complexity index is 229. The van der Waals surface area contributed by atoms with E-state index in [1.54, 1.807) is 0 Å². The van der Waals surface area contributed by atoms with Crippen LogP contribution in [0.2, 0.25) is 0 Å². The molecule has 0 saturated heterocycles. The molecular weight excluding hydrogens is 200 g/mol. The summed E-state index contributed by atoms with van der Waals surface area (Å²) >= 11 is 0. The molecule has 0 radical (unpaired) electrons. The summed E-state index contributed by atoms with van der Waals surface area (Å²) in [6, 6.07) is 0. The van der Waals surface area contributed by atoms with Crippen molar-refractivity contribution in [2.75, 3.05) is 0 Å². The quantitative estimate of drug-likeness (QED) is 0.637. The third-order valence-electron chi connectivity index (χ3n) is 3.70. The van der Waals surface area contributed by atoms with Crippen LogP contribution in [0, 0.1) is 11.3 Å². The topological polar surface area (TPSA) is 26.3 Å². The number of hydrogen-bond acceptors (Lipinski definition) is 2. The molecule has 0 N–H and O–H groups in total. The Hall–Kier alpha value is -0.530. The molecule has 0 spiro atoms. The van der Waals surface area contributed by atoms with Crippen LogP contribution in [0.25, 0.3) is 0 Å². The van der Waals surface area contributed by atoms with Gasteiger partial charge in [0.1, 0.15) is 5.60 Å². The molecule has 16 heavy (non-hydrogen) atoms. The van der Waals surface area contributed by atoms with Crippen LogP contribution < -0.4 is 0 Å². The van der Waals surface area contributed by atoms with E-state index in [9.17, 15) is 4.79 Å². The Morgan fingerprint density at radius 2 is 1.69 bits per heavy atom. The summed E-state index contributed by atoms with van der Waals surface area (Å²) in [4.78, 5) is 12.1. The Morgan fingerprint density at radius 3 is 2.06 bits per heavy atom. The maximum atomic E-state index is 12.1. The average molecular weight is 228 g/mol. The zero-order chi connectivity index (χ0) is 13.0. The third kappa shape index (κ3) is 4.15. The summed E-state index contributed by atoms with van der Waals surface area (Å²) in [6.07, 6.45) is 3.01. The van der Waals surface area contributed by atoms with Gasteiger partial charge in [-0.2, -0.15) is 0 Å². The number of ether oxygens (including phenoxy) is 1. The van der Waals surface area contributed by atoms with E-state index >= 15 is 0 Å². The molecule has 0 aromatic carbocycles. The molecule has 0 fully saturated rings. The molecule has 96 valence electrons. The van der Waals surface area contributed by atoms with Crippen LogP contribution in [0.5, 0.6) is 0 Å². The lowest BCUT2D eigenvalue weighted by molar-refractivity contribution is -0.170. The Morgan fingerprint density at radius 1 is 1.19 bits per heavy atom. The fourth-order valence-corrected chi connectivity index (χ4v) is 1.45. The first-order chi connectivity index (χ1) is 7.17. The van der Waals surface area contributed by atoms with Crippen molar-refractivity contribution in [2.45, 2.75) is 73.3 Å². The maximum absolute atomic E-state index is 12.1. The molecule has 0 aromatic rings. The minimum Gasteiger partial charge on any atom is -0.459 e.